The summed E-state index contributed by atoms with van der Waals surface area (Å²) in [4.78, 5) is 12.2. The first-order chi connectivity index (χ1) is 11.2. The predicted octanol–water partition coefficient (Wildman–Crippen LogP) is 3.71. The van der Waals surface area contributed by atoms with Crippen LogP contribution in [0.25, 0.3) is 0 Å². The van der Waals surface area contributed by atoms with Crippen molar-refractivity contribution in [3.63, 3.8) is 0 Å². The number of rotatable bonds is 1. The van der Waals surface area contributed by atoms with Crippen LogP contribution in [0.15, 0.2) is 0 Å². The minimum atomic E-state index is -0.682. The highest BCUT2D eigenvalue weighted by molar-refractivity contribution is 5.79. The molecule has 0 bridgehead atoms. The van der Waals surface area contributed by atoms with Gasteiger partial charge in [0.2, 0.25) is 0 Å². The van der Waals surface area contributed by atoms with Crippen LogP contribution in [0.2, 0.25) is 0 Å². The van der Waals surface area contributed by atoms with Crippen molar-refractivity contribution < 1.29 is 15.0 Å². The van der Waals surface area contributed by atoms with Crippen molar-refractivity contribution in [1.82, 2.24) is 0 Å². The van der Waals surface area contributed by atoms with E-state index in [4.69, 9.17) is 0 Å². The Bertz CT molecular complexity index is 545. The van der Waals surface area contributed by atoms with Gasteiger partial charge in [0.05, 0.1) is 11.7 Å². The second-order valence-electron chi connectivity index (χ2n) is 10.0. The first-order valence-corrected chi connectivity index (χ1v) is 10.1. The van der Waals surface area contributed by atoms with Gasteiger partial charge in [0.1, 0.15) is 5.78 Å². The quantitative estimate of drug-likeness (QED) is 0.768. The van der Waals surface area contributed by atoms with Crippen molar-refractivity contribution in [3.8, 4) is 0 Å². The van der Waals surface area contributed by atoms with Gasteiger partial charge in [0.15, 0.2) is 0 Å². The molecule has 3 nitrogen and oxygen atoms in total. The van der Waals surface area contributed by atoms with Crippen LogP contribution < -0.4 is 0 Å². The lowest BCUT2D eigenvalue weighted by atomic mass is 9.43. The molecule has 24 heavy (non-hydrogen) atoms. The van der Waals surface area contributed by atoms with Crippen LogP contribution in [-0.2, 0) is 4.79 Å². The van der Waals surface area contributed by atoms with E-state index in [1.165, 1.54) is 6.42 Å². The number of carbonyl (C=O) groups excluding carboxylic acids is 1. The summed E-state index contributed by atoms with van der Waals surface area (Å²) in [6, 6.07) is 0. The molecule has 0 aromatic heterocycles. The highest BCUT2D eigenvalue weighted by Crippen LogP contribution is 2.68. The van der Waals surface area contributed by atoms with Crippen molar-refractivity contribution in [2.45, 2.75) is 90.3 Å². The fraction of sp³-hybridized carbons (Fsp3) is 0.952. The van der Waals surface area contributed by atoms with Crippen molar-refractivity contribution >= 4 is 5.78 Å². The van der Waals surface area contributed by atoms with Gasteiger partial charge in [-0.2, -0.15) is 0 Å². The summed E-state index contributed by atoms with van der Waals surface area (Å²) in [5.41, 5.74) is -0.546. The van der Waals surface area contributed by atoms with Crippen LogP contribution >= 0.6 is 0 Å². The number of hydrogen-bond donors (Lipinski definition) is 2. The van der Waals surface area contributed by atoms with E-state index in [-0.39, 0.29) is 22.9 Å². The lowest BCUT2D eigenvalue weighted by Crippen LogP contribution is -2.62. The van der Waals surface area contributed by atoms with Crippen LogP contribution in [0.5, 0.6) is 0 Å². The number of aliphatic hydroxyl groups is 2. The van der Waals surface area contributed by atoms with Crippen molar-refractivity contribution in [2.75, 3.05) is 0 Å². The second kappa shape index (κ2) is 5.30. The van der Waals surface area contributed by atoms with E-state index in [1.807, 2.05) is 0 Å². The highest BCUT2D eigenvalue weighted by Gasteiger charge is 2.64. The molecule has 4 saturated carbocycles. The molecule has 4 aliphatic rings. The van der Waals surface area contributed by atoms with Gasteiger partial charge in [-0.3, -0.25) is 4.79 Å². The van der Waals surface area contributed by atoms with Gasteiger partial charge in [-0.15, -0.1) is 0 Å². The molecule has 0 aromatic rings. The Balaban J connectivity index is 1.65. The molecule has 0 spiro atoms. The molecule has 3 heteroatoms. The number of fused-ring (bicyclic) bond motifs is 5. The zero-order valence-corrected chi connectivity index (χ0v) is 15.6. The fourth-order valence-corrected chi connectivity index (χ4v) is 7.90. The number of ketones is 1. The first-order valence-electron chi connectivity index (χ1n) is 10.1. The summed E-state index contributed by atoms with van der Waals surface area (Å²) in [6.07, 6.45) is 8.47. The average molecular weight is 335 g/mol. The second-order valence-corrected chi connectivity index (χ2v) is 10.0. The summed E-state index contributed by atoms with van der Waals surface area (Å²) in [7, 11) is 0. The van der Waals surface area contributed by atoms with Crippen LogP contribution in [-0.4, -0.2) is 27.7 Å². The first kappa shape index (κ1) is 17.0. The molecule has 8 atom stereocenters. The summed E-state index contributed by atoms with van der Waals surface area (Å²) in [5, 5.41) is 21.5. The number of Topliss-reactive ketones (excluding diaryl/α,β-unsaturated/α-hetero) is 1. The maximum atomic E-state index is 12.2. The number of hydrogen-bond acceptors (Lipinski definition) is 3. The largest absolute Gasteiger partial charge is 0.393 e. The van der Waals surface area contributed by atoms with Gasteiger partial charge in [-0.1, -0.05) is 13.8 Å². The van der Waals surface area contributed by atoms with Gasteiger partial charge in [-0.25, -0.2) is 0 Å². The van der Waals surface area contributed by atoms with Crippen molar-refractivity contribution in [2.24, 2.45) is 34.5 Å². The monoisotopic (exact) mass is 334 g/mol. The molecule has 136 valence electrons. The van der Waals surface area contributed by atoms with Gasteiger partial charge in [-0.05, 0) is 86.9 Å². The zero-order chi connectivity index (χ0) is 17.3. The Morgan fingerprint density at radius 1 is 0.958 bits per heavy atom. The summed E-state index contributed by atoms with van der Waals surface area (Å²) >= 11 is 0. The van der Waals surface area contributed by atoms with E-state index in [9.17, 15) is 15.0 Å². The predicted molar refractivity (Wildman–Crippen MR) is 93.4 cm³/mol. The highest BCUT2D eigenvalue weighted by atomic mass is 16.3. The van der Waals surface area contributed by atoms with Crippen LogP contribution in [0.3, 0.4) is 0 Å². The lowest BCUT2D eigenvalue weighted by Gasteiger charge is -2.63. The third-order valence-electron chi connectivity index (χ3n) is 9.27. The zero-order valence-electron chi connectivity index (χ0n) is 15.6. The molecule has 4 fully saturated rings. The SMILES string of the molecule is CC(=O)[C@H]1CC[C@H]2[C@@H]3CCC4(O)CC(O)CC[C@]4(C)[C@H]3CC[C@]12C. The summed E-state index contributed by atoms with van der Waals surface area (Å²) in [5.74, 6) is 2.52. The smallest absolute Gasteiger partial charge is 0.133 e. The van der Waals surface area contributed by atoms with Gasteiger partial charge in [0.25, 0.3) is 0 Å². The van der Waals surface area contributed by atoms with Gasteiger partial charge >= 0.3 is 0 Å². The molecule has 0 amide bonds. The normalized spacial score (nSPS) is 57.0. The van der Waals surface area contributed by atoms with E-state index in [1.54, 1.807) is 6.92 Å². The third kappa shape index (κ3) is 2.06. The maximum absolute atomic E-state index is 12.2. The molecule has 0 heterocycles. The minimum Gasteiger partial charge on any atom is -0.393 e. The molecule has 2 N–H and O–H groups in total. The Morgan fingerprint density at radius 3 is 2.42 bits per heavy atom. The standard InChI is InChI=1S/C21H34O3/c1-13(22)16-4-5-17-15-7-11-21(24)12-14(23)6-10-20(21,3)18(15)8-9-19(16,17)2/h14-18,23-24H,4-12H2,1-3H3/t14?,15-,16+,17-,18-,19+,20+,21?/m0/s1. The topological polar surface area (TPSA) is 57.5 Å². The summed E-state index contributed by atoms with van der Waals surface area (Å²) in [6.45, 7) is 6.46. The van der Waals surface area contributed by atoms with Crippen LogP contribution in [0.1, 0.15) is 78.6 Å². The van der Waals surface area contributed by atoms with E-state index >= 15 is 0 Å². The van der Waals surface area contributed by atoms with E-state index in [2.05, 4.69) is 13.8 Å². The molecule has 0 aromatic carbocycles. The molecule has 2 unspecified atom stereocenters. The van der Waals surface area contributed by atoms with E-state index in [0.717, 1.165) is 44.9 Å². The fourth-order valence-electron chi connectivity index (χ4n) is 7.90. The minimum absolute atomic E-state index is 0.0508. The molecule has 0 aliphatic heterocycles. The molecular formula is C21H34O3. The van der Waals surface area contributed by atoms with Crippen LogP contribution in [0.4, 0.5) is 0 Å². The van der Waals surface area contributed by atoms with Crippen molar-refractivity contribution in [3.05, 3.63) is 0 Å². The van der Waals surface area contributed by atoms with E-state index in [0.29, 0.717) is 30.0 Å². The average Bonchev–Trinajstić information content (AvgIpc) is 2.86. The molecule has 4 aliphatic carbocycles. The maximum Gasteiger partial charge on any atom is 0.133 e. The summed E-state index contributed by atoms with van der Waals surface area (Å²) < 4.78 is 0. The third-order valence-corrected chi connectivity index (χ3v) is 9.27. The Hall–Kier alpha value is -0.410. The van der Waals surface area contributed by atoms with Gasteiger partial charge < -0.3 is 10.2 Å². The van der Waals surface area contributed by atoms with Gasteiger partial charge in [0, 0.05) is 12.3 Å². The van der Waals surface area contributed by atoms with Crippen LogP contribution in [0, 0.1) is 34.5 Å². The Kier molecular flexibility index (Phi) is 3.76. The molecule has 4 rings (SSSR count). The molecule has 0 radical (unpaired) electrons. The Morgan fingerprint density at radius 2 is 1.71 bits per heavy atom. The molecular weight excluding hydrogens is 300 g/mol. The molecule has 0 saturated heterocycles. The van der Waals surface area contributed by atoms with Crippen molar-refractivity contribution in [1.29, 1.82) is 0 Å². The lowest BCUT2D eigenvalue weighted by molar-refractivity contribution is -0.219. The Labute approximate surface area is 146 Å². The van der Waals surface area contributed by atoms with E-state index < -0.39 is 5.60 Å². The number of carbonyl (C=O) groups is 1. The number of aliphatic hydroxyl groups excluding tert-OH is 1.